The van der Waals surface area contributed by atoms with E-state index in [1.54, 1.807) is 49.6 Å². The number of nitrogens with one attached hydrogen (secondary N) is 1. The van der Waals surface area contributed by atoms with E-state index in [0.29, 0.717) is 23.6 Å². The maximum absolute atomic E-state index is 14.1. The lowest BCUT2D eigenvalue weighted by Crippen LogP contribution is -2.53. The van der Waals surface area contributed by atoms with Gasteiger partial charge in [-0.25, -0.2) is 8.42 Å². The highest BCUT2D eigenvalue weighted by atomic mass is 32.2. The molecule has 0 unspecified atom stereocenters. The lowest BCUT2D eigenvalue weighted by Gasteiger charge is -2.33. The molecule has 2 amide bonds. The minimum Gasteiger partial charge on any atom is -0.497 e. The smallest absolute Gasteiger partial charge is 0.264 e. The van der Waals surface area contributed by atoms with Crippen molar-refractivity contribution >= 4 is 27.5 Å². The molecule has 226 valence electrons. The first-order valence-electron chi connectivity index (χ1n) is 13.6. The monoisotopic (exact) mass is 597 g/mol. The number of sulfonamides is 1. The van der Waals surface area contributed by atoms with Crippen LogP contribution in [0.5, 0.6) is 17.2 Å². The van der Waals surface area contributed by atoms with E-state index in [0.717, 1.165) is 9.87 Å². The number of ether oxygens (including phenoxy) is 3. The Morgan fingerprint density at radius 3 is 2.05 bits per heavy atom. The summed E-state index contributed by atoms with van der Waals surface area (Å²) in [6, 6.07) is 18.8. The topological polar surface area (TPSA) is 114 Å². The number of para-hydroxylation sites is 1. The van der Waals surface area contributed by atoms with Crippen molar-refractivity contribution in [3.05, 3.63) is 78.4 Å². The van der Waals surface area contributed by atoms with E-state index in [1.807, 2.05) is 32.9 Å². The molecular formula is C31H39N3O7S. The average molecular weight is 598 g/mol. The third-order valence-corrected chi connectivity index (χ3v) is 8.36. The Balaban J connectivity index is 2.07. The number of hydrogen-bond donors (Lipinski definition) is 1. The van der Waals surface area contributed by atoms with Crippen molar-refractivity contribution in [3.8, 4) is 17.2 Å². The number of nitrogens with zero attached hydrogens (tertiary/aromatic N) is 2. The van der Waals surface area contributed by atoms with Crippen LogP contribution in [0, 0.1) is 0 Å². The van der Waals surface area contributed by atoms with Gasteiger partial charge < -0.3 is 24.4 Å². The van der Waals surface area contributed by atoms with Crippen molar-refractivity contribution < 1.29 is 32.2 Å². The second-order valence-corrected chi connectivity index (χ2v) is 11.7. The minimum absolute atomic E-state index is 0.0805. The van der Waals surface area contributed by atoms with Gasteiger partial charge in [0.05, 0.1) is 31.9 Å². The van der Waals surface area contributed by atoms with Crippen LogP contribution in [0.1, 0.15) is 32.8 Å². The van der Waals surface area contributed by atoms with E-state index >= 15 is 0 Å². The summed E-state index contributed by atoms with van der Waals surface area (Å²) in [7, 11) is 0.170. The lowest BCUT2D eigenvalue weighted by molar-refractivity contribution is -0.140. The first kappa shape index (κ1) is 32.3. The Morgan fingerprint density at radius 2 is 1.50 bits per heavy atom. The summed E-state index contributed by atoms with van der Waals surface area (Å²) in [5.74, 6) is 0.396. The normalized spacial score (nSPS) is 11.9. The second kappa shape index (κ2) is 14.6. The number of anilines is 1. The molecule has 0 aromatic heterocycles. The summed E-state index contributed by atoms with van der Waals surface area (Å²) in [6.45, 7) is 5.04. The zero-order valence-electron chi connectivity index (χ0n) is 24.9. The van der Waals surface area contributed by atoms with Crippen LogP contribution in [0.4, 0.5) is 5.69 Å². The average Bonchev–Trinajstić information content (AvgIpc) is 2.99. The summed E-state index contributed by atoms with van der Waals surface area (Å²) in [5.41, 5.74) is 1.05. The van der Waals surface area contributed by atoms with Crippen LogP contribution in [0.15, 0.2) is 77.7 Å². The third kappa shape index (κ3) is 7.73. The highest BCUT2D eigenvalue weighted by Crippen LogP contribution is 2.32. The Kier molecular flexibility index (Phi) is 11.2. The summed E-state index contributed by atoms with van der Waals surface area (Å²) < 4.78 is 45.0. The molecule has 1 atom stereocenters. The van der Waals surface area contributed by atoms with Crippen LogP contribution in [0.25, 0.3) is 0 Å². The third-order valence-electron chi connectivity index (χ3n) is 6.59. The van der Waals surface area contributed by atoms with Gasteiger partial charge in [0.25, 0.3) is 10.0 Å². The van der Waals surface area contributed by atoms with Crippen molar-refractivity contribution in [2.45, 2.75) is 50.7 Å². The van der Waals surface area contributed by atoms with Gasteiger partial charge in [-0.05, 0) is 62.2 Å². The van der Waals surface area contributed by atoms with Gasteiger partial charge in [0.2, 0.25) is 11.8 Å². The predicted molar refractivity (Wildman–Crippen MR) is 161 cm³/mol. The highest BCUT2D eigenvalue weighted by molar-refractivity contribution is 7.92. The molecule has 0 saturated heterocycles. The molecule has 11 heteroatoms. The molecule has 0 aliphatic rings. The molecule has 42 heavy (non-hydrogen) atoms. The van der Waals surface area contributed by atoms with Crippen molar-refractivity contribution in [1.29, 1.82) is 0 Å². The maximum Gasteiger partial charge on any atom is 0.264 e. The molecule has 3 rings (SSSR count). The van der Waals surface area contributed by atoms with Gasteiger partial charge in [0, 0.05) is 18.7 Å². The summed E-state index contributed by atoms with van der Waals surface area (Å²) in [6.07, 6.45) is 0.328. The van der Waals surface area contributed by atoms with Crippen LogP contribution >= 0.6 is 0 Å². The fourth-order valence-electron chi connectivity index (χ4n) is 4.46. The molecule has 0 heterocycles. The van der Waals surface area contributed by atoms with E-state index in [4.69, 9.17) is 14.2 Å². The van der Waals surface area contributed by atoms with Gasteiger partial charge in [-0.15, -0.1) is 0 Å². The Bertz CT molecular complexity index is 1450. The molecule has 1 N–H and O–H groups in total. The van der Waals surface area contributed by atoms with Crippen LogP contribution < -0.4 is 23.8 Å². The Labute approximate surface area is 248 Å². The van der Waals surface area contributed by atoms with Gasteiger partial charge >= 0.3 is 0 Å². The largest absolute Gasteiger partial charge is 0.497 e. The molecule has 0 aliphatic heterocycles. The van der Waals surface area contributed by atoms with Crippen molar-refractivity contribution in [3.63, 3.8) is 0 Å². The number of carbonyl (C=O) groups excluding carboxylic acids is 2. The molecule has 3 aromatic carbocycles. The molecule has 0 saturated carbocycles. The van der Waals surface area contributed by atoms with Gasteiger partial charge in [-0.1, -0.05) is 37.3 Å². The lowest BCUT2D eigenvalue weighted by atomic mass is 10.1. The number of hydrogen-bond acceptors (Lipinski definition) is 7. The molecule has 0 fully saturated rings. The number of rotatable bonds is 14. The fourth-order valence-corrected chi connectivity index (χ4v) is 5.89. The van der Waals surface area contributed by atoms with Gasteiger partial charge in [-0.3, -0.25) is 13.9 Å². The van der Waals surface area contributed by atoms with Crippen LogP contribution in [0.3, 0.4) is 0 Å². The van der Waals surface area contributed by atoms with Gasteiger partial charge in [0.1, 0.15) is 18.3 Å². The van der Waals surface area contributed by atoms with E-state index < -0.39 is 28.5 Å². The fraction of sp³-hybridized carbons (Fsp3) is 0.355. The first-order valence-corrected chi connectivity index (χ1v) is 15.0. The van der Waals surface area contributed by atoms with Crippen molar-refractivity contribution in [2.24, 2.45) is 0 Å². The number of carbonyl (C=O) groups is 2. The van der Waals surface area contributed by atoms with E-state index in [9.17, 15) is 18.0 Å². The standard InChI is InChI=1S/C31H39N3O7S/c1-7-27(31(36)32-22(2)3)33(20-23-13-15-25(39-4)16-14-23)30(35)21-34(24-11-9-8-10-12-24)42(37,38)26-17-18-28(40-5)29(19-26)41-6/h8-19,22,27H,7,20-21H2,1-6H3,(H,32,36)/t27-/m0/s1. The number of amides is 2. The van der Waals surface area contributed by atoms with Crippen LogP contribution in [-0.2, 0) is 26.2 Å². The quantitative estimate of drug-likeness (QED) is 0.296. The van der Waals surface area contributed by atoms with Crippen LogP contribution in [0.2, 0.25) is 0 Å². The summed E-state index contributed by atoms with van der Waals surface area (Å²) >= 11 is 0. The molecule has 3 aromatic rings. The Hall–Kier alpha value is -4.25. The number of methoxy groups -OCH3 is 3. The number of benzene rings is 3. The molecule has 0 radical (unpaired) electrons. The molecule has 0 aliphatic carbocycles. The van der Waals surface area contributed by atoms with E-state index in [-0.39, 0.29) is 29.1 Å². The van der Waals surface area contributed by atoms with Crippen LogP contribution in [-0.4, -0.2) is 65.1 Å². The first-order chi connectivity index (χ1) is 20.0. The maximum atomic E-state index is 14.1. The molecule has 10 nitrogen and oxygen atoms in total. The zero-order valence-corrected chi connectivity index (χ0v) is 25.7. The highest BCUT2D eigenvalue weighted by Gasteiger charge is 2.34. The molecule has 0 bridgehead atoms. The van der Waals surface area contributed by atoms with E-state index in [2.05, 4.69) is 5.32 Å². The second-order valence-electron chi connectivity index (χ2n) is 9.82. The minimum atomic E-state index is -4.26. The molecular weight excluding hydrogens is 558 g/mol. The Morgan fingerprint density at radius 1 is 0.857 bits per heavy atom. The van der Waals surface area contributed by atoms with Gasteiger partial charge in [-0.2, -0.15) is 0 Å². The zero-order chi connectivity index (χ0) is 30.9. The van der Waals surface area contributed by atoms with Crippen molar-refractivity contribution in [2.75, 3.05) is 32.2 Å². The molecule has 0 spiro atoms. The van der Waals surface area contributed by atoms with E-state index in [1.165, 1.54) is 37.3 Å². The summed E-state index contributed by atoms with van der Waals surface area (Å²) in [4.78, 5) is 28.7. The van der Waals surface area contributed by atoms with Gasteiger partial charge in [0.15, 0.2) is 11.5 Å². The predicted octanol–water partition coefficient (Wildman–Crippen LogP) is 4.24. The summed E-state index contributed by atoms with van der Waals surface area (Å²) in [5, 5.41) is 2.89. The SMILES string of the molecule is CC[C@@H](C(=O)NC(C)C)N(Cc1ccc(OC)cc1)C(=O)CN(c1ccccc1)S(=O)(=O)c1ccc(OC)c(OC)c1. The van der Waals surface area contributed by atoms with Crippen molar-refractivity contribution in [1.82, 2.24) is 10.2 Å².